The first-order chi connectivity index (χ1) is 8.74. The van der Waals surface area contributed by atoms with Gasteiger partial charge in [-0.1, -0.05) is 46.5 Å². The van der Waals surface area contributed by atoms with E-state index in [1.807, 2.05) is 0 Å². The van der Waals surface area contributed by atoms with E-state index >= 15 is 0 Å². The molecule has 0 aliphatic rings. The van der Waals surface area contributed by atoms with Crippen LogP contribution in [0.5, 0.6) is 0 Å². The zero-order chi connectivity index (χ0) is 13.7. The molecule has 0 amide bonds. The standard InChI is InChI=1S/C17H38P/c1-5-9-11-13-16-18(8-4,15-7-3)17-14-12-10-6-2/h5-17H2,1-4H3/q+1. The fourth-order valence-electron chi connectivity index (χ4n) is 3.03. The second kappa shape index (κ2) is 12.5. The van der Waals surface area contributed by atoms with Crippen molar-refractivity contribution in [3.05, 3.63) is 0 Å². The molecule has 0 aromatic rings. The van der Waals surface area contributed by atoms with E-state index in [1.165, 1.54) is 63.9 Å². The molecule has 0 saturated heterocycles. The van der Waals surface area contributed by atoms with Crippen molar-refractivity contribution in [1.82, 2.24) is 0 Å². The van der Waals surface area contributed by atoms with Crippen LogP contribution in [0, 0.1) is 0 Å². The Bertz CT molecular complexity index is 153. The molecule has 18 heavy (non-hydrogen) atoms. The van der Waals surface area contributed by atoms with Crippen LogP contribution in [0.15, 0.2) is 0 Å². The van der Waals surface area contributed by atoms with Gasteiger partial charge in [0.15, 0.2) is 0 Å². The Hall–Kier alpha value is 0.430. The minimum absolute atomic E-state index is 0.557. The number of hydrogen-bond donors (Lipinski definition) is 0. The van der Waals surface area contributed by atoms with Gasteiger partial charge in [-0.25, -0.2) is 0 Å². The van der Waals surface area contributed by atoms with Crippen LogP contribution in [0.1, 0.15) is 85.5 Å². The highest BCUT2D eigenvalue weighted by molar-refractivity contribution is 7.75. The van der Waals surface area contributed by atoms with E-state index in [9.17, 15) is 0 Å². The lowest BCUT2D eigenvalue weighted by molar-refractivity contribution is 0.692. The molecule has 0 unspecified atom stereocenters. The SMILES string of the molecule is CCCCCC[P+](CC)(CCC)CCCCCC. The van der Waals surface area contributed by atoms with Crippen LogP contribution < -0.4 is 0 Å². The third-order valence-electron chi connectivity index (χ3n) is 4.34. The molecule has 0 bridgehead atoms. The molecule has 0 spiro atoms. The average molecular weight is 273 g/mol. The smallest absolute Gasteiger partial charge is 0.0594 e. The third kappa shape index (κ3) is 8.52. The Balaban J connectivity index is 4.05. The van der Waals surface area contributed by atoms with Crippen molar-refractivity contribution in [2.45, 2.75) is 85.5 Å². The summed E-state index contributed by atoms with van der Waals surface area (Å²) in [5.41, 5.74) is 0. The van der Waals surface area contributed by atoms with Gasteiger partial charge in [-0.05, 0) is 39.0 Å². The summed E-state index contributed by atoms with van der Waals surface area (Å²) < 4.78 is 0. The number of rotatable bonds is 13. The molecule has 0 aromatic heterocycles. The van der Waals surface area contributed by atoms with Gasteiger partial charge in [0.05, 0.1) is 24.6 Å². The van der Waals surface area contributed by atoms with Gasteiger partial charge < -0.3 is 0 Å². The molecule has 110 valence electrons. The lowest BCUT2D eigenvalue weighted by Gasteiger charge is -2.26. The minimum Gasteiger partial charge on any atom is -0.0654 e. The fraction of sp³-hybridized carbons (Fsp3) is 1.00. The van der Waals surface area contributed by atoms with E-state index < -0.39 is 7.26 Å². The Morgan fingerprint density at radius 3 is 1.33 bits per heavy atom. The Kier molecular flexibility index (Phi) is 12.8. The van der Waals surface area contributed by atoms with Crippen molar-refractivity contribution in [3.8, 4) is 0 Å². The topological polar surface area (TPSA) is 0 Å². The second-order valence-electron chi connectivity index (χ2n) is 5.95. The fourth-order valence-corrected chi connectivity index (χ4v) is 7.39. The first-order valence-electron chi connectivity index (χ1n) is 8.59. The van der Waals surface area contributed by atoms with Crippen molar-refractivity contribution in [3.63, 3.8) is 0 Å². The number of unbranched alkanes of at least 4 members (excludes halogenated alkanes) is 6. The predicted molar refractivity (Wildman–Crippen MR) is 90.6 cm³/mol. The maximum atomic E-state index is 2.48. The van der Waals surface area contributed by atoms with Crippen LogP contribution in [0.4, 0.5) is 0 Å². The molecule has 0 N–H and O–H groups in total. The molecule has 0 atom stereocenters. The minimum atomic E-state index is -0.557. The molecule has 0 nitrogen and oxygen atoms in total. The zero-order valence-corrected chi connectivity index (χ0v) is 14.5. The van der Waals surface area contributed by atoms with Gasteiger partial charge in [-0.15, -0.1) is 0 Å². The van der Waals surface area contributed by atoms with Crippen LogP contribution in [-0.2, 0) is 0 Å². The van der Waals surface area contributed by atoms with Crippen LogP contribution >= 0.6 is 7.26 Å². The van der Waals surface area contributed by atoms with E-state index in [2.05, 4.69) is 27.7 Å². The molecular weight excluding hydrogens is 235 g/mol. The predicted octanol–water partition coefficient (Wildman–Crippen LogP) is 6.59. The van der Waals surface area contributed by atoms with E-state index in [1.54, 1.807) is 18.5 Å². The van der Waals surface area contributed by atoms with Gasteiger partial charge in [0, 0.05) is 7.26 Å². The summed E-state index contributed by atoms with van der Waals surface area (Å²) in [6.07, 6.45) is 19.4. The summed E-state index contributed by atoms with van der Waals surface area (Å²) in [7, 11) is -0.557. The van der Waals surface area contributed by atoms with E-state index in [-0.39, 0.29) is 0 Å². The Morgan fingerprint density at radius 1 is 0.500 bits per heavy atom. The monoisotopic (exact) mass is 273 g/mol. The molecule has 1 heteroatoms. The molecular formula is C17H38P+. The van der Waals surface area contributed by atoms with Gasteiger partial charge in [0.1, 0.15) is 0 Å². The van der Waals surface area contributed by atoms with Crippen molar-refractivity contribution in [2.24, 2.45) is 0 Å². The molecule has 0 aliphatic heterocycles. The second-order valence-corrected chi connectivity index (χ2v) is 10.6. The summed E-state index contributed by atoms with van der Waals surface area (Å²) in [5.74, 6) is 0. The highest BCUT2D eigenvalue weighted by Gasteiger charge is 2.32. The van der Waals surface area contributed by atoms with Gasteiger partial charge in [0.2, 0.25) is 0 Å². The summed E-state index contributed by atoms with van der Waals surface area (Å²) >= 11 is 0. The lowest BCUT2D eigenvalue weighted by atomic mass is 10.2. The van der Waals surface area contributed by atoms with Gasteiger partial charge >= 0.3 is 0 Å². The van der Waals surface area contributed by atoms with Crippen LogP contribution in [-0.4, -0.2) is 24.6 Å². The molecule has 0 rings (SSSR count). The summed E-state index contributed by atoms with van der Waals surface area (Å²) in [6.45, 7) is 9.50. The third-order valence-corrected chi connectivity index (χ3v) is 9.61. The normalized spacial score (nSPS) is 12.0. The van der Waals surface area contributed by atoms with Crippen LogP contribution in [0.2, 0.25) is 0 Å². The number of hydrogen-bond acceptors (Lipinski definition) is 0. The quantitative estimate of drug-likeness (QED) is 0.262. The van der Waals surface area contributed by atoms with Crippen molar-refractivity contribution >= 4 is 7.26 Å². The van der Waals surface area contributed by atoms with Crippen LogP contribution in [0.3, 0.4) is 0 Å². The van der Waals surface area contributed by atoms with Crippen molar-refractivity contribution < 1.29 is 0 Å². The maximum absolute atomic E-state index is 2.48. The van der Waals surface area contributed by atoms with Crippen LogP contribution in [0.25, 0.3) is 0 Å². The van der Waals surface area contributed by atoms with Crippen molar-refractivity contribution in [2.75, 3.05) is 24.6 Å². The molecule has 0 radical (unpaired) electrons. The van der Waals surface area contributed by atoms with Gasteiger partial charge in [-0.3, -0.25) is 0 Å². The van der Waals surface area contributed by atoms with Gasteiger partial charge in [0.25, 0.3) is 0 Å². The molecule has 0 aromatic carbocycles. The highest BCUT2D eigenvalue weighted by Crippen LogP contribution is 2.60. The average Bonchev–Trinajstić information content (AvgIpc) is 2.39. The Labute approximate surface area is 118 Å². The maximum Gasteiger partial charge on any atom is 0.0594 e. The highest BCUT2D eigenvalue weighted by atomic mass is 31.2. The summed E-state index contributed by atoms with van der Waals surface area (Å²) in [6, 6.07) is 0. The van der Waals surface area contributed by atoms with E-state index in [0.29, 0.717) is 0 Å². The van der Waals surface area contributed by atoms with Crippen molar-refractivity contribution in [1.29, 1.82) is 0 Å². The first kappa shape index (κ1) is 18.4. The van der Waals surface area contributed by atoms with E-state index in [4.69, 9.17) is 0 Å². The van der Waals surface area contributed by atoms with Gasteiger partial charge in [-0.2, -0.15) is 0 Å². The first-order valence-corrected chi connectivity index (χ1v) is 11.1. The summed E-state index contributed by atoms with van der Waals surface area (Å²) in [5, 5.41) is 0. The molecule has 0 fully saturated rings. The zero-order valence-electron chi connectivity index (χ0n) is 13.6. The van der Waals surface area contributed by atoms with E-state index in [0.717, 1.165) is 0 Å². The molecule has 0 saturated carbocycles. The largest absolute Gasteiger partial charge is 0.0654 e. The molecule has 0 aliphatic carbocycles. The Morgan fingerprint density at radius 2 is 1.00 bits per heavy atom. The molecule has 0 heterocycles. The lowest BCUT2D eigenvalue weighted by Crippen LogP contribution is -2.11. The summed E-state index contributed by atoms with van der Waals surface area (Å²) in [4.78, 5) is 0.